The Morgan fingerprint density at radius 1 is 0.946 bits per heavy atom. The minimum Gasteiger partial charge on any atom is -0.475 e. The number of aliphatic carboxylic acids is 1. The van der Waals surface area contributed by atoms with Gasteiger partial charge in [0.15, 0.2) is 0 Å². The summed E-state index contributed by atoms with van der Waals surface area (Å²) in [5.41, 5.74) is 7.46. The lowest BCUT2D eigenvalue weighted by molar-refractivity contribution is -0.192. The number of H-pyrrole nitrogens is 2. The predicted molar refractivity (Wildman–Crippen MR) is 126 cm³/mol. The van der Waals surface area contributed by atoms with Crippen LogP contribution in [0.15, 0.2) is 73.2 Å². The third-order valence-corrected chi connectivity index (χ3v) is 5.75. The lowest BCUT2D eigenvalue weighted by atomic mass is 9.99. The van der Waals surface area contributed by atoms with Crippen molar-refractivity contribution in [2.24, 2.45) is 0 Å². The summed E-state index contributed by atoms with van der Waals surface area (Å²) >= 11 is 0. The second-order valence-corrected chi connectivity index (χ2v) is 8.01. The molecule has 12 heteroatoms. The van der Waals surface area contributed by atoms with E-state index in [2.05, 4.69) is 49.7 Å². The fourth-order valence-corrected chi connectivity index (χ4v) is 4.18. The Bertz CT molecular complexity index is 1580. The van der Waals surface area contributed by atoms with Gasteiger partial charge in [-0.3, -0.25) is 14.9 Å². The Kier molecular flexibility index (Phi) is 5.91. The Morgan fingerprint density at radius 2 is 1.68 bits per heavy atom. The van der Waals surface area contributed by atoms with Gasteiger partial charge in [-0.15, -0.1) is 0 Å². The standard InChI is InChI=1S/C23H16N6O.C2HF3O2/c30-23(18-9-11-25-29-18)28-21-14-5-2-1-4-13(14)20-15(21)6-3-7-16(20)22-26-17-8-10-24-12-19(17)27-22;3-2(4,5)1(6)7/h1-12,21H,(H,25,29)(H,26,27)(H,28,30);(H,6,7). The van der Waals surface area contributed by atoms with Crippen molar-refractivity contribution >= 4 is 22.9 Å². The molecule has 3 heterocycles. The number of hydrogen-bond donors (Lipinski definition) is 4. The van der Waals surface area contributed by atoms with Gasteiger partial charge in [0.25, 0.3) is 5.91 Å². The van der Waals surface area contributed by atoms with Gasteiger partial charge in [-0.1, -0.05) is 42.5 Å². The first-order valence-corrected chi connectivity index (χ1v) is 10.9. The second kappa shape index (κ2) is 9.22. The Morgan fingerprint density at radius 3 is 2.38 bits per heavy atom. The first-order valence-electron chi connectivity index (χ1n) is 10.9. The number of nitrogens with one attached hydrogen (secondary N) is 3. The number of carbonyl (C=O) groups is 2. The van der Waals surface area contributed by atoms with Crippen LogP contribution in [0.3, 0.4) is 0 Å². The molecule has 3 aromatic heterocycles. The number of amides is 1. The first kappa shape index (κ1) is 23.7. The number of carbonyl (C=O) groups excluding carboxylic acids is 1. The molecule has 0 bridgehead atoms. The second-order valence-electron chi connectivity index (χ2n) is 8.01. The van der Waals surface area contributed by atoms with E-state index < -0.39 is 12.1 Å². The van der Waals surface area contributed by atoms with Crippen LogP contribution in [0, 0.1) is 0 Å². The van der Waals surface area contributed by atoms with E-state index in [1.54, 1.807) is 24.7 Å². The number of aromatic nitrogens is 5. The largest absolute Gasteiger partial charge is 0.490 e. The number of alkyl halides is 3. The average Bonchev–Trinajstić information content (AvgIpc) is 3.62. The minimum atomic E-state index is -5.08. The van der Waals surface area contributed by atoms with Crippen LogP contribution in [-0.2, 0) is 4.79 Å². The molecule has 1 aliphatic carbocycles. The topological polar surface area (TPSA) is 137 Å². The van der Waals surface area contributed by atoms with Crippen molar-refractivity contribution < 1.29 is 27.9 Å². The molecule has 37 heavy (non-hydrogen) atoms. The summed E-state index contributed by atoms with van der Waals surface area (Å²) in [6.07, 6.45) is -0.00491. The predicted octanol–water partition coefficient (Wildman–Crippen LogP) is 4.48. The summed E-state index contributed by atoms with van der Waals surface area (Å²) in [7, 11) is 0. The maximum atomic E-state index is 12.7. The lowest BCUT2D eigenvalue weighted by Gasteiger charge is -2.15. The zero-order valence-corrected chi connectivity index (χ0v) is 18.7. The fourth-order valence-electron chi connectivity index (χ4n) is 4.18. The molecule has 0 fully saturated rings. The molecule has 1 amide bonds. The SMILES string of the molecule is O=C(NC1c2ccccc2-c2c(-c3nc4ccncc4[nH]3)cccc21)c1ccn[nH]1.O=C(O)C(F)(F)F. The molecule has 1 aliphatic rings. The molecule has 1 unspecified atom stereocenters. The average molecular weight is 506 g/mol. The Balaban J connectivity index is 0.000000355. The van der Waals surface area contributed by atoms with Crippen LogP contribution in [0.5, 0.6) is 0 Å². The number of carboxylic acid groups (broad SMARTS) is 1. The number of carboxylic acids is 1. The number of hydrogen-bond acceptors (Lipinski definition) is 5. The van der Waals surface area contributed by atoms with Crippen LogP contribution in [0.1, 0.15) is 27.7 Å². The van der Waals surface area contributed by atoms with Crippen molar-refractivity contribution in [2.75, 3.05) is 0 Å². The highest BCUT2D eigenvalue weighted by atomic mass is 19.4. The lowest BCUT2D eigenvalue weighted by Crippen LogP contribution is -2.28. The summed E-state index contributed by atoms with van der Waals surface area (Å²) in [6, 6.07) is 17.6. The van der Waals surface area contributed by atoms with Gasteiger partial charge in [0.05, 0.1) is 23.3 Å². The molecule has 2 aromatic carbocycles. The number of aromatic amines is 2. The monoisotopic (exact) mass is 506 g/mol. The van der Waals surface area contributed by atoms with Gasteiger partial charge < -0.3 is 15.4 Å². The number of pyridine rings is 1. The summed E-state index contributed by atoms with van der Waals surface area (Å²) < 4.78 is 31.7. The normalized spacial score (nSPS) is 13.9. The smallest absolute Gasteiger partial charge is 0.475 e. The Hall–Kier alpha value is -5.00. The molecule has 0 aliphatic heterocycles. The number of nitrogens with zero attached hydrogens (tertiary/aromatic N) is 3. The van der Waals surface area contributed by atoms with Crippen molar-refractivity contribution in [2.45, 2.75) is 12.2 Å². The fraction of sp³-hybridized carbons (Fsp3) is 0.0800. The first-order chi connectivity index (χ1) is 17.7. The van der Waals surface area contributed by atoms with Crippen molar-refractivity contribution in [1.82, 2.24) is 30.5 Å². The summed E-state index contributed by atoms with van der Waals surface area (Å²) in [5.74, 6) is -2.17. The zero-order valence-electron chi connectivity index (χ0n) is 18.7. The molecular formula is C25H17F3N6O3. The van der Waals surface area contributed by atoms with Crippen molar-refractivity contribution in [3.8, 4) is 22.5 Å². The number of rotatable bonds is 3. The highest BCUT2D eigenvalue weighted by Gasteiger charge is 2.38. The van der Waals surface area contributed by atoms with E-state index in [0.29, 0.717) is 5.69 Å². The maximum absolute atomic E-state index is 12.7. The van der Waals surface area contributed by atoms with E-state index in [4.69, 9.17) is 14.9 Å². The van der Waals surface area contributed by atoms with Crippen LogP contribution >= 0.6 is 0 Å². The Labute approximate surface area is 206 Å². The van der Waals surface area contributed by atoms with Crippen LogP contribution < -0.4 is 5.32 Å². The third kappa shape index (κ3) is 4.51. The maximum Gasteiger partial charge on any atom is 0.490 e. The van der Waals surface area contributed by atoms with Gasteiger partial charge in [0, 0.05) is 18.0 Å². The van der Waals surface area contributed by atoms with Gasteiger partial charge >= 0.3 is 12.1 Å². The van der Waals surface area contributed by atoms with Crippen LogP contribution in [0.4, 0.5) is 13.2 Å². The van der Waals surface area contributed by atoms with E-state index in [9.17, 15) is 18.0 Å². The van der Waals surface area contributed by atoms with Crippen molar-refractivity contribution in [1.29, 1.82) is 0 Å². The summed E-state index contributed by atoms with van der Waals surface area (Å²) in [6.45, 7) is 0. The van der Waals surface area contributed by atoms with Crippen LogP contribution in [0.2, 0.25) is 0 Å². The van der Waals surface area contributed by atoms with Crippen LogP contribution in [-0.4, -0.2) is 48.3 Å². The number of benzene rings is 2. The quantitative estimate of drug-likeness (QED) is 0.285. The molecule has 0 saturated heterocycles. The molecule has 1 atom stereocenters. The van der Waals surface area contributed by atoms with Gasteiger partial charge in [0.1, 0.15) is 11.5 Å². The number of fused-ring (bicyclic) bond motifs is 4. The highest BCUT2D eigenvalue weighted by molar-refractivity contribution is 5.96. The van der Waals surface area contributed by atoms with Gasteiger partial charge in [0.2, 0.25) is 0 Å². The molecule has 9 nitrogen and oxygen atoms in total. The molecule has 6 rings (SSSR count). The summed E-state index contributed by atoms with van der Waals surface area (Å²) in [4.78, 5) is 34.0. The number of imidazole rings is 1. The molecular weight excluding hydrogens is 489 g/mol. The molecule has 4 N–H and O–H groups in total. The molecule has 0 spiro atoms. The molecule has 0 radical (unpaired) electrons. The highest BCUT2D eigenvalue weighted by Crippen LogP contribution is 2.47. The van der Waals surface area contributed by atoms with Crippen molar-refractivity contribution in [3.05, 3.63) is 90.0 Å². The molecule has 0 saturated carbocycles. The third-order valence-electron chi connectivity index (χ3n) is 5.75. The van der Waals surface area contributed by atoms with Crippen LogP contribution in [0.25, 0.3) is 33.5 Å². The molecule has 5 aromatic rings. The number of halogens is 3. The van der Waals surface area contributed by atoms with E-state index >= 15 is 0 Å². The van der Waals surface area contributed by atoms with Gasteiger partial charge in [-0.2, -0.15) is 18.3 Å². The minimum absolute atomic E-state index is 0.194. The summed E-state index contributed by atoms with van der Waals surface area (Å²) in [5, 5.41) is 16.9. The molecule has 186 valence electrons. The van der Waals surface area contributed by atoms with Gasteiger partial charge in [-0.05, 0) is 34.4 Å². The van der Waals surface area contributed by atoms with Crippen molar-refractivity contribution in [3.63, 3.8) is 0 Å². The van der Waals surface area contributed by atoms with E-state index in [-0.39, 0.29) is 11.9 Å². The van der Waals surface area contributed by atoms with Gasteiger partial charge in [-0.25, -0.2) is 9.78 Å². The van der Waals surface area contributed by atoms with E-state index in [1.807, 2.05) is 24.3 Å². The van der Waals surface area contributed by atoms with E-state index in [0.717, 1.165) is 44.7 Å². The van der Waals surface area contributed by atoms with E-state index in [1.165, 1.54) is 0 Å². The zero-order chi connectivity index (χ0) is 26.2.